The fourth-order valence-corrected chi connectivity index (χ4v) is 4.11. The van der Waals surface area contributed by atoms with Gasteiger partial charge in [-0.15, -0.1) is 10.2 Å². The van der Waals surface area contributed by atoms with E-state index in [0.29, 0.717) is 35.5 Å². The fraction of sp³-hybridized carbons (Fsp3) is 0.360. The summed E-state index contributed by atoms with van der Waals surface area (Å²) < 4.78 is 5.15. The maximum atomic E-state index is 10.2. The van der Waals surface area contributed by atoms with E-state index >= 15 is 0 Å². The van der Waals surface area contributed by atoms with Gasteiger partial charge in [-0.25, -0.2) is 9.97 Å². The topological polar surface area (TPSA) is 126 Å². The summed E-state index contributed by atoms with van der Waals surface area (Å²) in [5.41, 5.74) is 8.24. The number of aromatic nitrogens is 4. The molecule has 0 amide bonds. The summed E-state index contributed by atoms with van der Waals surface area (Å²) in [5, 5.41) is 21.9. The number of phenols is 1. The molecule has 0 aliphatic carbocycles. The zero-order chi connectivity index (χ0) is 24.0. The Kier molecular flexibility index (Phi) is 6.88. The Morgan fingerprint density at radius 1 is 1.09 bits per heavy atom. The van der Waals surface area contributed by atoms with Crippen LogP contribution in [0.25, 0.3) is 11.3 Å². The maximum absolute atomic E-state index is 10.2. The minimum Gasteiger partial charge on any atom is -0.507 e. The summed E-state index contributed by atoms with van der Waals surface area (Å²) in [7, 11) is 0. The summed E-state index contributed by atoms with van der Waals surface area (Å²) in [6.45, 7) is 5.27. The van der Waals surface area contributed by atoms with Gasteiger partial charge >= 0.3 is 0 Å². The van der Waals surface area contributed by atoms with Crippen molar-refractivity contribution in [1.82, 2.24) is 25.5 Å². The summed E-state index contributed by atoms with van der Waals surface area (Å²) in [4.78, 5) is 13.4. The van der Waals surface area contributed by atoms with Crippen LogP contribution in [0.3, 0.4) is 0 Å². The van der Waals surface area contributed by atoms with Crippen molar-refractivity contribution in [3.8, 4) is 28.8 Å². The highest BCUT2D eigenvalue weighted by Crippen LogP contribution is 2.31. The van der Waals surface area contributed by atoms with E-state index in [4.69, 9.17) is 10.5 Å². The molecule has 0 atom stereocenters. The van der Waals surface area contributed by atoms with Crippen molar-refractivity contribution in [2.24, 2.45) is 0 Å². The van der Waals surface area contributed by atoms with Gasteiger partial charge in [-0.05, 0) is 36.6 Å². The number of nitrogens with zero attached hydrogens (tertiary/aromatic N) is 6. The molecule has 10 heteroatoms. The molecule has 2 fully saturated rings. The van der Waals surface area contributed by atoms with Gasteiger partial charge in [-0.1, -0.05) is 18.1 Å². The van der Waals surface area contributed by atoms with Gasteiger partial charge in [0.25, 0.3) is 0 Å². The SMILES string of the molecule is Nc1nnc(-c2ccccc2O)cc1N1CCCN(c2ccnc(C#CCNC3COC3)n2)CC1. The van der Waals surface area contributed by atoms with Gasteiger partial charge in [-0.2, -0.15) is 0 Å². The van der Waals surface area contributed by atoms with Crippen molar-refractivity contribution in [3.05, 3.63) is 48.4 Å². The van der Waals surface area contributed by atoms with Crippen LogP contribution in [0.2, 0.25) is 0 Å². The molecule has 2 aliphatic rings. The minimum absolute atomic E-state index is 0.162. The highest BCUT2D eigenvalue weighted by molar-refractivity contribution is 5.74. The number of hydrogen-bond donors (Lipinski definition) is 3. The maximum Gasteiger partial charge on any atom is 0.206 e. The van der Waals surface area contributed by atoms with Crippen LogP contribution in [0.4, 0.5) is 17.3 Å². The number of rotatable bonds is 5. The molecule has 5 rings (SSSR count). The van der Waals surface area contributed by atoms with E-state index in [2.05, 4.69) is 47.1 Å². The lowest BCUT2D eigenvalue weighted by Crippen LogP contribution is -2.45. The van der Waals surface area contributed by atoms with Gasteiger partial charge in [-0.3, -0.25) is 5.32 Å². The average molecular weight is 473 g/mol. The summed E-state index contributed by atoms with van der Waals surface area (Å²) >= 11 is 0. The number of aromatic hydroxyl groups is 1. The van der Waals surface area contributed by atoms with Gasteiger partial charge in [0.2, 0.25) is 5.82 Å². The Morgan fingerprint density at radius 3 is 2.74 bits per heavy atom. The van der Waals surface area contributed by atoms with E-state index in [9.17, 15) is 5.11 Å². The predicted octanol–water partition coefficient (Wildman–Crippen LogP) is 1.28. The van der Waals surface area contributed by atoms with Crippen molar-refractivity contribution in [3.63, 3.8) is 0 Å². The molecule has 0 unspecified atom stereocenters. The first-order valence-electron chi connectivity index (χ1n) is 11.7. The van der Waals surface area contributed by atoms with E-state index in [0.717, 1.165) is 57.3 Å². The molecule has 3 aromatic rings. The Bertz CT molecular complexity index is 1240. The Balaban J connectivity index is 1.26. The Hall–Kier alpha value is -3.94. The molecule has 4 heterocycles. The number of nitrogens with one attached hydrogen (secondary N) is 1. The van der Waals surface area contributed by atoms with Crippen LogP contribution in [0.1, 0.15) is 12.2 Å². The van der Waals surface area contributed by atoms with Gasteiger partial charge in [0.05, 0.1) is 37.2 Å². The van der Waals surface area contributed by atoms with Crippen LogP contribution in [-0.2, 0) is 4.74 Å². The molecule has 1 aromatic carbocycles. The molecule has 2 aliphatic heterocycles. The standard InChI is InChI=1S/C25H28N8O2/c26-25-21(15-20(30-31-25)19-5-1-2-6-22(19)34)32-11-4-12-33(14-13-32)24-8-10-28-23(29-24)7-3-9-27-18-16-35-17-18/h1-2,5-6,8,10,15,18,27,34H,4,9,11-14,16-17H2,(H2,26,31). The van der Waals surface area contributed by atoms with Gasteiger partial charge in [0.15, 0.2) is 5.82 Å². The molecule has 0 spiro atoms. The number of benzene rings is 1. The normalized spacial score (nSPS) is 16.2. The molecule has 35 heavy (non-hydrogen) atoms. The summed E-state index contributed by atoms with van der Waals surface area (Å²) in [6.07, 6.45) is 2.68. The highest BCUT2D eigenvalue weighted by atomic mass is 16.5. The second-order valence-corrected chi connectivity index (χ2v) is 8.50. The van der Waals surface area contributed by atoms with Crippen molar-refractivity contribution < 1.29 is 9.84 Å². The Morgan fingerprint density at radius 2 is 1.91 bits per heavy atom. The largest absolute Gasteiger partial charge is 0.507 e. The number of nitrogens with two attached hydrogens (primary N) is 1. The van der Waals surface area contributed by atoms with E-state index in [1.165, 1.54) is 0 Å². The van der Waals surface area contributed by atoms with E-state index in [1.807, 2.05) is 24.3 Å². The lowest BCUT2D eigenvalue weighted by Gasteiger charge is -2.25. The number of para-hydroxylation sites is 1. The number of nitrogen functional groups attached to an aromatic ring is 1. The third-order valence-corrected chi connectivity index (χ3v) is 6.10. The van der Waals surface area contributed by atoms with E-state index in [1.54, 1.807) is 18.3 Å². The molecule has 4 N–H and O–H groups in total. The summed E-state index contributed by atoms with van der Waals surface area (Å²) in [5.74, 6) is 8.05. The molecule has 0 bridgehead atoms. The van der Waals surface area contributed by atoms with Crippen molar-refractivity contribution in [2.45, 2.75) is 12.5 Å². The number of anilines is 3. The van der Waals surface area contributed by atoms with Gasteiger partial charge in [0.1, 0.15) is 11.6 Å². The zero-order valence-corrected chi connectivity index (χ0v) is 19.4. The quantitative estimate of drug-likeness (QED) is 0.468. The Labute approximate surface area is 204 Å². The summed E-state index contributed by atoms with van der Waals surface area (Å²) in [6, 6.07) is 11.3. The smallest absolute Gasteiger partial charge is 0.206 e. The molecule has 2 aromatic heterocycles. The monoisotopic (exact) mass is 472 g/mol. The van der Waals surface area contributed by atoms with E-state index in [-0.39, 0.29) is 5.75 Å². The third-order valence-electron chi connectivity index (χ3n) is 6.10. The number of hydrogen-bond acceptors (Lipinski definition) is 10. The molecular formula is C25H28N8O2. The molecule has 0 radical (unpaired) electrons. The van der Waals surface area contributed by atoms with Crippen LogP contribution in [0, 0.1) is 11.8 Å². The number of phenolic OH excluding ortho intramolecular Hbond substituents is 1. The van der Waals surface area contributed by atoms with Crippen LogP contribution in [-0.4, -0.2) is 77.3 Å². The van der Waals surface area contributed by atoms with Crippen LogP contribution >= 0.6 is 0 Å². The van der Waals surface area contributed by atoms with Crippen molar-refractivity contribution in [2.75, 3.05) is 61.5 Å². The molecule has 180 valence electrons. The highest BCUT2D eigenvalue weighted by Gasteiger charge is 2.20. The fourth-order valence-electron chi connectivity index (χ4n) is 4.11. The zero-order valence-electron chi connectivity index (χ0n) is 19.4. The molecule has 0 saturated carbocycles. The lowest BCUT2D eigenvalue weighted by molar-refractivity contribution is -0.00322. The molecular weight excluding hydrogens is 444 g/mol. The number of ether oxygens (including phenoxy) is 1. The van der Waals surface area contributed by atoms with Crippen LogP contribution in [0.5, 0.6) is 5.75 Å². The first-order valence-corrected chi connectivity index (χ1v) is 11.7. The van der Waals surface area contributed by atoms with E-state index < -0.39 is 0 Å². The minimum atomic E-state index is 0.162. The van der Waals surface area contributed by atoms with Crippen LogP contribution < -0.4 is 20.9 Å². The van der Waals surface area contributed by atoms with Gasteiger partial charge in [0, 0.05) is 37.9 Å². The third kappa shape index (κ3) is 5.42. The average Bonchev–Trinajstić information content (AvgIpc) is 3.10. The van der Waals surface area contributed by atoms with Gasteiger partial charge < -0.3 is 25.4 Å². The second kappa shape index (κ2) is 10.5. The van der Waals surface area contributed by atoms with Crippen molar-refractivity contribution >= 4 is 17.3 Å². The second-order valence-electron chi connectivity index (χ2n) is 8.50. The van der Waals surface area contributed by atoms with Crippen molar-refractivity contribution in [1.29, 1.82) is 0 Å². The molecule has 2 saturated heterocycles. The van der Waals surface area contributed by atoms with Crippen LogP contribution in [0.15, 0.2) is 42.6 Å². The first kappa shape index (κ1) is 22.8. The lowest BCUT2D eigenvalue weighted by atomic mass is 10.1. The molecule has 10 nitrogen and oxygen atoms in total. The predicted molar refractivity (Wildman–Crippen MR) is 134 cm³/mol. The first-order chi connectivity index (χ1) is 17.2.